The molecule has 0 amide bonds. The highest BCUT2D eigenvalue weighted by Crippen LogP contribution is 2.23. The van der Waals surface area contributed by atoms with Crippen molar-refractivity contribution in [3.8, 4) is 5.75 Å². The van der Waals surface area contributed by atoms with Crippen LogP contribution < -0.4 is 10.1 Å². The van der Waals surface area contributed by atoms with Gasteiger partial charge in [-0.1, -0.05) is 18.2 Å². The normalized spacial score (nSPS) is 23.7. The molecule has 2 aliphatic rings. The van der Waals surface area contributed by atoms with Crippen LogP contribution in [0, 0.1) is 0 Å². The van der Waals surface area contributed by atoms with Gasteiger partial charge in [0.25, 0.3) is 0 Å². The quantitative estimate of drug-likeness (QED) is 0.605. The zero-order valence-electron chi connectivity index (χ0n) is 15.6. The monoisotopic (exact) mass is 383 g/mol. The van der Waals surface area contributed by atoms with E-state index in [0.29, 0.717) is 18.7 Å². The van der Waals surface area contributed by atoms with Gasteiger partial charge < -0.3 is 24.4 Å². The molecule has 0 aromatic heterocycles. The Labute approximate surface area is 158 Å². The Kier molecular flexibility index (Phi) is 7.23. The van der Waals surface area contributed by atoms with Crippen LogP contribution in [0.2, 0.25) is 0 Å². The van der Waals surface area contributed by atoms with Crippen molar-refractivity contribution in [1.29, 1.82) is 0 Å². The highest BCUT2D eigenvalue weighted by atomic mass is 19.3. The number of guanidine groups is 1. The minimum atomic E-state index is -2.85. The summed E-state index contributed by atoms with van der Waals surface area (Å²) in [7, 11) is 0. The first-order valence-electron chi connectivity index (χ1n) is 9.46. The Bertz CT molecular complexity index is 624. The van der Waals surface area contributed by atoms with Crippen LogP contribution in [0.3, 0.4) is 0 Å². The number of benzene rings is 1. The van der Waals surface area contributed by atoms with E-state index in [0.717, 1.165) is 38.5 Å². The molecular formula is C19H27F2N3O3. The predicted octanol–water partition coefficient (Wildman–Crippen LogP) is 2.63. The van der Waals surface area contributed by atoms with Crippen LogP contribution in [0.4, 0.5) is 8.78 Å². The fourth-order valence-corrected chi connectivity index (χ4v) is 3.42. The summed E-state index contributed by atoms with van der Waals surface area (Å²) in [4.78, 5) is 6.80. The van der Waals surface area contributed by atoms with E-state index < -0.39 is 6.61 Å². The maximum Gasteiger partial charge on any atom is 0.387 e. The highest BCUT2D eigenvalue weighted by molar-refractivity contribution is 5.80. The van der Waals surface area contributed by atoms with Crippen molar-refractivity contribution in [3.05, 3.63) is 29.8 Å². The standard InChI is InChI=1S/C19H27F2N3O3/c1-2-22-19(23-12-14-6-3-4-7-15(14)27-18(20)21)24-9-11-26-17(13-24)16-8-5-10-25-16/h3-4,6-7,16-18H,2,5,8-13H2,1H3,(H,22,23). The molecule has 3 rings (SSSR count). The number of halogens is 2. The Morgan fingerprint density at radius 1 is 1.30 bits per heavy atom. The van der Waals surface area contributed by atoms with Gasteiger partial charge in [-0.25, -0.2) is 4.99 Å². The summed E-state index contributed by atoms with van der Waals surface area (Å²) in [6.07, 6.45) is 2.25. The van der Waals surface area contributed by atoms with Crippen LogP contribution in [-0.4, -0.2) is 62.5 Å². The van der Waals surface area contributed by atoms with E-state index in [-0.39, 0.29) is 24.5 Å². The van der Waals surface area contributed by atoms with Crippen LogP contribution in [0.1, 0.15) is 25.3 Å². The fraction of sp³-hybridized carbons (Fsp3) is 0.632. The second-order valence-corrected chi connectivity index (χ2v) is 6.56. The minimum Gasteiger partial charge on any atom is -0.434 e. The van der Waals surface area contributed by atoms with Crippen LogP contribution in [0.25, 0.3) is 0 Å². The minimum absolute atomic E-state index is 0.0274. The predicted molar refractivity (Wildman–Crippen MR) is 98.2 cm³/mol. The molecule has 1 N–H and O–H groups in total. The summed E-state index contributed by atoms with van der Waals surface area (Å²) in [6, 6.07) is 6.74. The molecule has 8 heteroatoms. The molecule has 1 aromatic carbocycles. The Morgan fingerprint density at radius 2 is 2.11 bits per heavy atom. The molecule has 0 bridgehead atoms. The lowest BCUT2D eigenvalue weighted by Crippen LogP contribution is -2.53. The van der Waals surface area contributed by atoms with E-state index in [4.69, 9.17) is 9.47 Å². The summed E-state index contributed by atoms with van der Waals surface area (Å²) < 4.78 is 41.4. The molecule has 6 nitrogen and oxygen atoms in total. The summed E-state index contributed by atoms with van der Waals surface area (Å²) in [6.45, 7) is 2.95. The van der Waals surface area contributed by atoms with Crippen molar-refractivity contribution in [3.63, 3.8) is 0 Å². The SMILES string of the molecule is CCNC(=NCc1ccccc1OC(F)F)N1CCOC(C2CCCO2)C1. The van der Waals surface area contributed by atoms with Crippen LogP contribution in [0.15, 0.2) is 29.3 Å². The van der Waals surface area contributed by atoms with Gasteiger partial charge in [0.1, 0.15) is 11.9 Å². The average molecular weight is 383 g/mol. The Balaban J connectivity index is 1.69. The van der Waals surface area contributed by atoms with Gasteiger partial charge in [-0.15, -0.1) is 0 Å². The third-order valence-electron chi connectivity index (χ3n) is 4.70. The largest absolute Gasteiger partial charge is 0.434 e. The highest BCUT2D eigenvalue weighted by Gasteiger charge is 2.32. The van der Waals surface area contributed by atoms with Crippen molar-refractivity contribution in [2.45, 2.75) is 45.1 Å². The second-order valence-electron chi connectivity index (χ2n) is 6.56. The molecule has 2 heterocycles. The van der Waals surface area contributed by atoms with Crippen molar-refractivity contribution in [2.24, 2.45) is 4.99 Å². The van der Waals surface area contributed by atoms with Gasteiger partial charge in [0, 0.05) is 31.8 Å². The summed E-state index contributed by atoms with van der Waals surface area (Å²) >= 11 is 0. The lowest BCUT2D eigenvalue weighted by atomic mass is 10.1. The average Bonchev–Trinajstić information content (AvgIpc) is 3.21. The number of alkyl halides is 2. The van der Waals surface area contributed by atoms with Crippen LogP contribution >= 0.6 is 0 Å². The van der Waals surface area contributed by atoms with Gasteiger partial charge in [-0.05, 0) is 25.8 Å². The first-order chi connectivity index (χ1) is 13.2. The van der Waals surface area contributed by atoms with E-state index in [1.807, 2.05) is 6.92 Å². The molecule has 1 aromatic rings. The van der Waals surface area contributed by atoms with Crippen molar-refractivity contribution in [2.75, 3.05) is 32.8 Å². The number of morpholine rings is 1. The zero-order valence-corrected chi connectivity index (χ0v) is 15.6. The summed E-state index contributed by atoms with van der Waals surface area (Å²) in [5.41, 5.74) is 0.622. The molecule has 2 aliphatic heterocycles. The van der Waals surface area contributed by atoms with Gasteiger partial charge >= 0.3 is 6.61 Å². The zero-order chi connectivity index (χ0) is 19.1. The van der Waals surface area contributed by atoms with Gasteiger partial charge in [-0.2, -0.15) is 8.78 Å². The van der Waals surface area contributed by atoms with Gasteiger partial charge in [-0.3, -0.25) is 0 Å². The molecule has 0 radical (unpaired) electrons. The molecule has 2 saturated heterocycles. The van der Waals surface area contributed by atoms with Crippen molar-refractivity contribution < 1.29 is 23.0 Å². The molecule has 0 aliphatic carbocycles. The molecular weight excluding hydrogens is 356 g/mol. The number of hydrogen-bond acceptors (Lipinski definition) is 4. The Morgan fingerprint density at radius 3 is 2.85 bits per heavy atom. The van der Waals surface area contributed by atoms with Crippen LogP contribution in [-0.2, 0) is 16.0 Å². The molecule has 0 spiro atoms. The van der Waals surface area contributed by atoms with Gasteiger partial charge in [0.05, 0.1) is 19.3 Å². The number of hydrogen-bond donors (Lipinski definition) is 1. The second kappa shape index (κ2) is 9.85. The number of aliphatic imine (C=N–C) groups is 1. The van der Waals surface area contributed by atoms with E-state index in [1.165, 1.54) is 6.07 Å². The first-order valence-corrected chi connectivity index (χ1v) is 9.46. The number of nitrogens with zero attached hydrogens (tertiary/aromatic N) is 2. The van der Waals surface area contributed by atoms with E-state index in [9.17, 15) is 8.78 Å². The third-order valence-corrected chi connectivity index (χ3v) is 4.70. The Hall–Kier alpha value is -1.93. The molecule has 2 unspecified atom stereocenters. The number of rotatable bonds is 6. The molecule has 2 fully saturated rings. The van der Waals surface area contributed by atoms with E-state index in [1.54, 1.807) is 18.2 Å². The van der Waals surface area contributed by atoms with Crippen LogP contribution in [0.5, 0.6) is 5.75 Å². The lowest BCUT2D eigenvalue weighted by Gasteiger charge is -2.37. The smallest absolute Gasteiger partial charge is 0.387 e. The van der Waals surface area contributed by atoms with Crippen molar-refractivity contribution >= 4 is 5.96 Å². The summed E-state index contributed by atoms with van der Waals surface area (Å²) in [5.74, 6) is 0.905. The first kappa shape index (κ1) is 19.8. The van der Waals surface area contributed by atoms with Gasteiger partial charge in [0.15, 0.2) is 5.96 Å². The number of nitrogens with one attached hydrogen (secondary N) is 1. The van der Waals surface area contributed by atoms with Gasteiger partial charge in [0.2, 0.25) is 0 Å². The van der Waals surface area contributed by atoms with Crippen molar-refractivity contribution in [1.82, 2.24) is 10.2 Å². The topological polar surface area (TPSA) is 55.3 Å². The number of para-hydroxylation sites is 1. The molecule has 0 saturated carbocycles. The number of ether oxygens (including phenoxy) is 3. The molecule has 150 valence electrons. The third kappa shape index (κ3) is 5.52. The van der Waals surface area contributed by atoms with E-state index in [2.05, 4.69) is 19.9 Å². The summed E-state index contributed by atoms with van der Waals surface area (Å²) in [5, 5.41) is 3.28. The molecule has 2 atom stereocenters. The molecule has 27 heavy (non-hydrogen) atoms. The van der Waals surface area contributed by atoms with E-state index >= 15 is 0 Å². The maximum atomic E-state index is 12.6. The maximum absolute atomic E-state index is 12.6. The fourth-order valence-electron chi connectivity index (χ4n) is 3.42. The lowest BCUT2D eigenvalue weighted by molar-refractivity contribution is -0.0817.